The van der Waals surface area contributed by atoms with E-state index in [0.717, 1.165) is 29.5 Å². The van der Waals surface area contributed by atoms with Crippen molar-refractivity contribution in [2.45, 2.75) is 11.1 Å². The first-order chi connectivity index (χ1) is 13.4. The van der Waals surface area contributed by atoms with Crippen molar-refractivity contribution in [3.8, 4) is 5.75 Å². The number of sulfonamides is 1. The normalized spacial score (nSPS) is 12.2. The lowest BCUT2D eigenvalue weighted by Gasteiger charge is -2.10. The predicted molar refractivity (Wildman–Crippen MR) is 104 cm³/mol. The Balaban J connectivity index is 1.97. The molecule has 0 spiro atoms. The summed E-state index contributed by atoms with van der Waals surface area (Å²) in [6.07, 6.45) is -4.53. The molecule has 1 heterocycles. The molecule has 0 saturated heterocycles. The largest absolute Gasteiger partial charge is 0.495 e. The van der Waals surface area contributed by atoms with Gasteiger partial charge in [0.15, 0.2) is 0 Å². The maximum Gasteiger partial charge on any atom is 0.416 e. The van der Waals surface area contributed by atoms with Crippen LogP contribution >= 0.6 is 22.9 Å². The van der Waals surface area contributed by atoms with Gasteiger partial charge in [0.25, 0.3) is 5.91 Å². The molecule has 0 radical (unpaired) electrons. The van der Waals surface area contributed by atoms with Crippen molar-refractivity contribution in [1.29, 1.82) is 0 Å². The van der Waals surface area contributed by atoms with Crippen molar-refractivity contribution in [2.24, 2.45) is 5.14 Å². The minimum Gasteiger partial charge on any atom is -0.495 e. The van der Waals surface area contributed by atoms with Gasteiger partial charge >= 0.3 is 6.18 Å². The molecule has 0 aliphatic heterocycles. The van der Waals surface area contributed by atoms with Crippen LogP contribution in [0.25, 0.3) is 10.1 Å². The number of rotatable bonds is 4. The van der Waals surface area contributed by atoms with E-state index in [9.17, 15) is 26.4 Å². The van der Waals surface area contributed by atoms with Gasteiger partial charge in [0.2, 0.25) is 10.0 Å². The number of primary sulfonamides is 1. The van der Waals surface area contributed by atoms with E-state index in [4.69, 9.17) is 21.5 Å². The molecule has 0 bridgehead atoms. The van der Waals surface area contributed by atoms with Gasteiger partial charge in [-0.1, -0.05) is 17.7 Å². The fourth-order valence-corrected chi connectivity index (χ4v) is 4.73. The Morgan fingerprint density at radius 1 is 1.21 bits per heavy atom. The first kappa shape index (κ1) is 21.4. The second-order valence-electron chi connectivity index (χ2n) is 5.82. The standard InChI is InChI=1S/C17H12ClF3N2O4S2/c1-27-11-5-3-9(7-13(11)29(22,25)26)23-16(24)15-14(18)10-4-2-8(17(19,20)21)6-12(10)28-15/h2-7H,1H3,(H,23,24)(H2,22,25,26). The summed E-state index contributed by atoms with van der Waals surface area (Å²) in [7, 11) is -2.86. The van der Waals surface area contributed by atoms with E-state index < -0.39 is 27.7 Å². The lowest BCUT2D eigenvalue weighted by molar-refractivity contribution is -0.137. The number of anilines is 1. The van der Waals surface area contributed by atoms with Gasteiger partial charge in [0.05, 0.1) is 17.7 Å². The number of nitrogens with one attached hydrogen (secondary N) is 1. The maximum absolute atomic E-state index is 12.9. The molecule has 6 nitrogen and oxygen atoms in total. The van der Waals surface area contributed by atoms with E-state index in [-0.39, 0.29) is 30.9 Å². The van der Waals surface area contributed by atoms with E-state index in [1.165, 1.54) is 25.3 Å². The zero-order chi connectivity index (χ0) is 21.6. The second-order valence-corrected chi connectivity index (χ2v) is 8.78. The predicted octanol–water partition coefficient (Wildman–Crippen LogP) is 4.48. The summed E-state index contributed by atoms with van der Waals surface area (Å²) < 4.78 is 67.1. The average Bonchev–Trinajstić information content (AvgIpc) is 2.96. The number of hydrogen-bond acceptors (Lipinski definition) is 5. The van der Waals surface area contributed by atoms with Crippen LogP contribution in [0.1, 0.15) is 15.2 Å². The highest BCUT2D eigenvalue weighted by atomic mass is 35.5. The summed E-state index contributed by atoms with van der Waals surface area (Å²) in [5.74, 6) is -0.722. The number of methoxy groups -OCH3 is 1. The highest BCUT2D eigenvalue weighted by Crippen LogP contribution is 2.39. The molecular weight excluding hydrogens is 453 g/mol. The van der Waals surface area contributed by atoms with Crippen molar-refractivity contribution in [3.63, 3.8) is 0 Å². The Hall–Kier alpha value is -2.34. The number of carbonyl (C=O) groups is 1. The fraction of sp³-hybridized carbons (Fsp3) is 0.118. The fourth-order valence-electron chi connectivity index (χ4n) is 2.55. The number of fused-ring (bicyclic) bond motifs is 1. The Morgan fingerprint density at radius 3 is 2.48 bits per heavy atom. The number of halogens is 4. The van der Waals surface area contributed by atoms with Crippen molar-refractivity contribution in [3.05, 3.63) is 51.9 Å². The Kier molecular flexibility index (Phi) is 5.52. The van der Waals surface area contributed by atoms with Crippen molar-refractivity contribution < 1.29 is 31.1 Å². The smallest absolute Gasteiger partial charge is 0.416 e. The number of alkyl halides is 3. The molecule has 154 valence electrons. The van der Waals surface area contributed by atoms with Gasteiger partial charge in [-0.05, 0) is 30.3 Å². The Morgan fingerprint density at radius 2 is 1.90 bits per heavy atom. The van der Waals surface area contributed by atoms with Gasteiger partial charge < -0.3 is 10.1 Å². The van der Waals surface area contributed by atoms with Crippen LogP contribution in [0, 0.1) is 0 Å². The van der Waals surface area contributed by atoms with Crippen molar-refractivity contribution in [1.82, 2.24) is 0 Å². The molecule has 29 heavy (non-hydrogen) atoms. The third kappa shape index (κ3) is 4.32. The average molecular weight is 465 g/mol. The number of amides is 1. The third-order valence-corrected chi connectivity index (χ3v) is 6.48. The summed E-state index contributed by atoms with van der Waals surface area (Å²) in [6.45, 7) is 0. The highest BCUT2D eigenvalue weighted by Gasteiger charge is 2.31. The van der Waals surface area contributed by atoms with E-state index >= 15 is 0 Å². The quantitative estimate of drug-likeness (QED) is 0.594. The molecule has 0 atom stereocenters. The number of nitrogens with two attached hydrogens (primary N) is 1. The minimum atomic E-state index is -4.53. The second kappa shape index (κ2) is 7.48. The molecule has 3 N–H and O–H groups in total. The summed E-state index contributed by atoms with van der Waals surface area (Å²) >= 11 is 6.96. The van der Waals surface area contributed by atoms with Gasteiger partial charge in [0, 0.05) is 15.8 Å². The summed E-state index contributed by atoms with van der Waals surface area (Å²) in [5, 5.41) is 7.89. The Labute approximate surface area is 172 Å². The first-order valence-corrected chi connectivity index (χ1v) is 10.5. The number of hydrogen-bond donors (Lipinski definition) is 2. The summed E-state index contributed by atoms with van der Waals surface area (Å²) in [4.78, 5) is 12.2. The molecule has 0 aliphatic carbocycles. The highest BCUT2D eigenvalue weighted by molar-refractivity contribution is 7.89. The number of thiophene rings is 1. The maximum atomic E-state index is 12.9. The first-order valence-electron chi connectivity index (χ1n) is 7.73. The van der Waals surface area contributed by atoms with E-state index in [1.54, 1.807) is 0 Å². The lowest BCUT2D eigenvalue weighted by Crippen LogP contribution is -2.15. The Bertz CT molecular complexity index is 1220. The zero-order valence-electron chi connectivity index (χ0n) is 14.5. The molecule has 1 amide bonds. The molecule has 3 rings (SSSR count). The van der Waals surface area contributed by atoms with Crippen LogP contribution < -0.4 is 15.2 Å². The van der Waals surface area contributed by atoms with Crippen molar-refractivity contribution in [2.75, 3.05) is 12.4 Å². The molecule has 0 unspecified atom stereocenters. The number of carbonyl (C=O) groups excluding carboxylic acids is 1. The molecule has 1 aromatic heterocycles. The van der Waals surface area contributed by atoms with Crippen LogP contribution in [-0.2, 0) is 16.2 Å². The van der Waals surface area contributed by atoms with Crippen LogP contribution in [0.2, 0.25) is 5.02 Å². The van der Waals surface area contributed by atoms with Crippen LogP contribution in [-0.4, -0.2) is 21.4 Å². The van der Waals surface area contributed by atoms with Crippen molar-refractivity contribution >= 4 is 54.6 Å². The topological polar surface area (TPSA) is 98.5 Å². The summed E-state index contributed by atoms with van der Waals surface area (Å²) in [6, 6.07) is 6.78. The molecule has 3 aromatic rings. The monoisotopic (exact) mass is 464 g/mol. The van der Waals surface area contributed by atoms with E-state index in [0.29, 0.717) is 5.39 Å². The van der Waals surface area contributed by atoms with Gasteiger partial charge in [-0.2, -0.15) is 13.2 Å². The molecular formula is C17H12ClF3N2O4S2. The SMILES string of the molecule is COc1ccc(NC(=O)c2sc3cc(C(F)(F)F)ccc3c2Cl)cc1S(N)(=O)=O. The molecule has 2 aromatic carbocycles. The number of ether oxygens (including phenoxy) is 1. The van der Waals surface area contributed by atoms with Crippen LogP contribution in [0.5, 0.6) is 5.75 Å². The minimum absolute atomic E-state index is 0.00333. The van der Waals surface area contributed by atoms with Crippen LogP contribution in [0.4, 0.5) is 18.9 Å². The van der Waals surface area contributed by atoms with E-state index in [1.807, 2.05) is 0 Å². The van der Waals surface area contributed by atoms with Gasteiger partial charge in [-0.15, -0.1) is 11.3 Å². The number of benzene rings is 2. The van der Waals surface area contributed by atoms with E-state index in [2.05, 4.69) is 5.32 Å². The zero-order valence-corrected chi connectivity index (χ0v) is 16.9. The molecule has 0 aliphatic rings. The molecule has 0 fully saturated rings. The third-order valence-electron chi connectivity index (χ3n) is 3.89. The molecule has 12 heteroatoms. The van der Waals surface area contributed by atoms with Gasteiger partial charge in [-0.3, -0.25) is 4.79 Å². The van der Waals surface area contributed by atoms with Crippen LogP contribution in [0.15, 0.2) is 41.3 Å². The molecule has 0 saturated carbocycles. The van der Waals surface area contributed by atoms with Gasteiger partial charge in [0.1, 0.15) is 15.5 Å². The lowest BCUT2D eigenvalue weighted by atomic mass is 10.1. The van der Waals surface area contributed by atoms with Gasteiger partial charge in [-0.25, -0.2) is 13.6 Å². The van der Waals surface area contributed by atoms with Crippen LogP contribution in [0.3, 0.4) is 0 Å². The summed E-state index contributed by atoms with van der Waals surface area (Å²) in [5.41, 5.74) is -0.771.